The molecule has 1 N–H and O–H groups in total. The molecule has 1 amide bonds. The van der Waals surface area contributed by atoms with Gasteiger partial charge in [0.05, 0.1) is 6.54 Å². The highest BCUT2D eigenvalue weighted by Crippen LogP contribution is 2.42. The number of carbonyl (C=O) groups excluding carboxylic acids is 1. The van der Waals surface area contributed by atoms with E-state index in [1.165, 1.54) is 0 Å². The van der Waals surface area contributed by atoms with Crippen LogP contribution in [0.25, 0.3) is 0 Å². The predicted molar refractivity (Wildman–Crippen MR) is 131 cm³/mol. The first kappa shape index (κ1) is 25.9. The van der Waals surface area contributed by atoms with Crippen LogP contribution in [0.1, 0.15) is 77.2 Å². The Morgan fingerprint density at radius 3 is 2.47 bits per heavy atom. The van der Waals surface area contributed by atoms with E-state index in [-0.39, 0.29) is 25.2 Å². The number of fused-ring (bicyclic) bond motifs is 1. The molecule has 7 nitrogen and oxygen atoms in total. The van der Waals surface area contributed by atoms with Crippen LogP contribution < -0.4 is 9.47 Å². The summed E-state index contributed by atoms with van der Waals surface area (Å²) in [4.78, 5) is 29.7. The van der Waals surface area contributed by atoms with Gasteiger partial charge in [0.25, 0.3) is 0 Å². The topological polar surface area (TPSA) is 79.3 Å². The number of carbonyl (C=O) groups is 2. The van der Waals surface area contributed by atoms with Crippen LogP contribution in [0.4, 0.5) is 0 Å². The van der Waals surface area contributed by atoms with Crippen molar-refractivity contribution < 1.29 is 24.2 Å². The molecule has 2 heterocycles. The average molecular weight is 471 g/mol. The van der Waals surface area contributed by atoms with Crippen LogP contribution in [0.5, 0.6) is 11.5 Å². The van der Waals surface area contributed by atoms with Gasteiger partial charge in [0.15, 0.2) is 17.0 Å². The lowest BCUT2D eigenvalue weighted by molar-refractivity contribution is -0.147. The van der Waals surface area contributed by atoms with E-state index in [0.717, 1.165) is 37.7 Å². The summed E-state index contributed by atoms with van der Waals surface area (Å²) in [6.45, 7) is 8.35. The molecule has 186 valence electrons. The second kappa shape index (κ2) is 12.1. The van der Waals surface area contributed by atoms with Gasteiger partial charge in [-0.25, -0.2) is 4.79 Å². The summed E-state index contributed by atoms with van der Waals surface area (Å²) in [5, 5.41) is 10.4. The molecule has 0 radical (unpaired) electrons. The highest BCUT2D eigenvalue weighted by molar-refractivity contribution is 5.86. The van der Waals surface area contributed by atoms with Crippen LogP contribution in [0.2, 0.25) is 0 Å². The molecule has 0 bridgehead atoms. The number of likely N-dealkylation sites (tertiary alicyclic amines) is 1. The zero-order valence-corrected chi connectivity index (χ0v) is 20.8. The van der Waals surface area contributed by atoms with Crippen molar-refractivity contribution in [2.75, 3.05) is 33.0 Å². The lowest BCUT2D eigenvalue weighted by Gasteiger charge is -2.32. The summed E-state index contributed by atoms with van der Waals surface area (Å²) < 4.78 is 11.0. The number of carboxylic acids is 1. The maximum absolute atomic E-state index is 13.4. The van der Waals surface area contributed by atoms with E-state index < -0.39 is 11.5 Å². The van der Waals surface area contributed by atoms with Gasteiger partial charge in [-0.05, 0) is 43.4 Å². The molecule has 1 aromatic carbocycles. The Kier molecular flexibility index (Phi) is 9.23. The first-order valence-electron chi connectivity index (χ1n) is 12.6. The molecule has 7 heteroatoms. The van der Waals surface area contributed by atoms with E-state index in [1.54, 1.807) is 4.90 Å². The molecular formula is C27H38N2O5. The fraction of sp³-hybridized carbons (Fsp3) is 0.630. The highest BCUT2D eigenvalue weighted by Gasteiger charge is 2.52. The van der Waals surface area contributed by atoms with E-state index in [4.69, 9.17) is 9.47 Å². The summed E-state index contributed by atoms with van der Waals surface area (Å²) in [5.74, 6) is 6.45. The number of nitrogens with zero attached hydrogens (tertiary/aromatic N) is 2. The van der Waals surface area contributed by atoms with Crippen molar-refractivity contribution in [2.45, 2.75) is 77.2 Å². The van der Waals surface area contributed by atoms with Gasteiger partial charge in [0, 0.05) is 32.0 Å². The number of benzene rings is 1. The van der Waals surface area contributed by atoms with Crippen LogP contribution in [0, 0.1) is 11.8 Å². The zero-order chi connectivity index (χ0) is 24.6. The van der Waals surface area contributed by atoms with Crippen molar-refractivity contribution in [1.29, 1.82) is 0 Å². The Bertz CT molecular complexity index is 913. The van der Waals surface area contributed by atoms with E-state index in [0.29, 0.717) is 44.0 Å². The van der Waals surface area contributed by atoms with Crippen LogP contribution in [-0.2, 0) is 9.59 Å². The normalized spacial score (nSPS) is 21.2. The van der Waals surface area contributed by atoms with Gasteiger partial charge in [0.2, 0.25) is 12.7 Å². The summed E-state index contributed by atoms with van der Waals surface area (Å²) in [6, 6.07) is 5.76. The van der Waals surface area contributed by atoms with Crippen molar-refractivity contribution in [3.8, 4) is 23.3 Å². The van der Waals surface area contributed by atoms with Gasteiger partial charge in [-0.2, -0.15) is 0 Å². The van der Waals surface area contributed by atoms with Crippen molar-refractivity contribution in [1.82, 2.24) is 9.80 Å². The second-order valence-corrected chi connectivity index (χ2v) is 9.20. The van der Waals surface area contributed by atoms with E-state index in [1.807, 2.05) is 30.0 Å². The minimum Gasteiger partial charge on any atom is -0.479 e. The smallest absolute Gasteiger partial charge is 0.336 e. The molecule has 0 spiro atoms. The molecule has 1 aromatic rings. The minimum absolute atomic E-state index is 0.0175. The molecule has 0 aromatic heterocycles. The lowest BCUT2D eigenvalue weighted by atomic mass is 9.88. The molecule has 0 aliphatic carbocycles. The molecule has 1 saturated heterocycles. The molecule has 1 fully saturated rings. The van der Waals surface area contributed by atoms with Crippen LogP contribution in [0.15, 0.2) is 18.2 Å². The fourth-order valence-corrected chi connectivity index (χ4v) is 4.62. The maximum Gasteiger partial charge on any atom is 0.336 e. The summed E-state index contributed by atoms with van der Waals surface area (Å²) in [6.07, 6.45) is 5.71. The molecule has 0 unspecified atom stereocenters. The number of aliphatic carboxylic acids is 1. The van der Waals surface area contributed by atoms with Gasteiger partial charge in [-0.3, -0.25) is 9.69 Å². The molecule has 2 aliphatic rings. The largest absolute Gasteiger partial charge is 0.479 e. The number of unbranched alkanes of at least 4 members (excludes halogenated alkanes) is 3. The predicted octanol–water partition coefficient (Wildman–Crippen LogP) is 4.26. The summed E-state index contributed by atoms with van der Waals surface area (Å²) in [5.41, 5.74) is -0.400. The second-order valence-electron chi connectivity index (χ2n) is 9.20. The quantitative estimate of drug-likeness (QED) is 0.487. The minimum atomic E-state index is -1.38. The van der Waals surface area contributed by atoms with Gasteiger partial charge < -0.3 is 19.5 Å². The number of carboxylic acid groups (broad SMARTS) is 1. The van der Waals surface area contributed by atoms with Crippen molar-refractivity contribution in [2.24, 2.45) is 0 Å². The Balaban J connectivity index is 1.88. The standard InChI is InChI=1S/C27H38N2O5/c1-4-7-10-13-27(26(31)32)17-22(21-11-12-23-24(16-21)34-20-33-23)18-29(27)19-25(30)28(14-8-5-2)15-9-6-3/h11-12,16,22H,4-9,14-15,17-20H2,1-3H3,(H,31,32)/t22-,27-/m1/s1. The molecule has 2 aliphatic heterocycles. The summed E-state index contributed by atoms with van der Waals surface area (Å²) >= 11 is 0. The highest BCUT2D eigenvalue weighted by atomic mass is 16.7. The van der Waals surface area contributed by atoms with E-state index in [9.17, 15) is 14.7 Å². The molecule has 34 heavy (non-hydrogen) atoms. The van der Waals surface area contributed by atoms with Gasteiger partial charge in [-0.1, -0.05) is 45.6 Å². The number of amides is 1. The SMILES string of the molecule is CCCC#C[C@]1(C(=O)O)C[C@@H](c2ccc3c(c2)OCO3)CN1CC(=O)N(CCCC)CCCC. The van der Waals surface area contributed by atoms with Crippen molar-refractivity contribution >= 4 is 11.9 Å². The van der Waals surface area contributed by atoms with E-state index >= 15 is 0 Å². The third kappa shape index (κ3) is 5.85. The number of hydrogen-bond donors (Lipinski definition) is 1. The maximum atomic E-state index is 13.4. The molecular weight excluding hydrogens is 432 g/mol. The molecule has 3 rings (SSSR count). The van der Waals surface area contributed by atoms with Gasteiger partial charge in [0.1, 0.15) is 0 Å². The van der Waals surface area contributed by atoms with Crippen molar-refractivity contribution in [3.63, 3.8) is 0 Å². The van der Waals surface area contributed by atoms with Gasteiger partial charge in [-0.15, -0.1) is 5.92 Å². The zero-order valence-electron chi connectivity index (χ0n) is 20.8. The molecule has 2 atom stereocenters. The summed E-state index contributed by atoms with van der Waals surface area (Å²) in [7, 11) is 0. The monoisotopic (exact) mass is 470 g/mol. The first-order valence-corrected chi connectivity index (χ1v) is 12.6. The Hall–Kier alpha value is -2.72. The molecule has 0 saturated carbocycles. The number of ether oxygens (including phenoxy) is 2. The Labute approximate surface area is 203 Å². The Morgan fingerprint density at radius 1 is 1.12 bits per heavy atom. The lowest BCUT2D eigenvalue weighted by Crippen LogP contribution is -2.53. The Morgan fingerprint density at radius 2 is 1.82 bits per heavy atom. The van der Waals surface area contributed by atoms with Gasteiger partial charge >= 0.3 is 5.97 Å². The number of hydrogen-bond acceptors (Lipinski definition) is 5. The van der Waals surface area contributed by atoms with Crippen molar-refractivity contribution in [3.05, 3.63) is 23.8 Å². The number of rotatable bonds is 11. The van der Waals surface area contributed by atoms with Crippen LogP contribution in [0.3, 0.4) is 0 Å². The average Bonchev–Trinajstić information content (AvgIpc) is 3.44. The third-order valence-corrected chi connectivity index (χ3v) is 6.66. The fourth-order valence-electron chi connectivity index (χ4n) is 4.62. The first-order chi connectivity index (χ1) is 16.4. The van der Waals surface area contributed by atoms with Crippen LogP contribution in [-0.4, -0.2) is 65.3 Å². The van der Waals surface area contributed by atoms with Crippen LogP contribution >= 0.6 is 0 Å². The third-order valence-electron chi connectivity index (χ3n) is 6.66. The van der Waals surface area contributed by atoms with E-state index in [2.05, 4.69) is 25.7 Å².